The fourth-order valence-electron chi connectivity index (χ4n) is 1.36. The molecule has 0 aliphatic heterocycles. The number of aliphatic hydroxyl groups is 1. The molecule has 0 aromatic rings. The van der Waals surface area contributed by atoms with Crippen molar-refractivity contribution in [3.8, 4) is 0 Å². The number of hydrogen-bond acceptors (Lipinski definition) is 4. The Morgan fingerprint density at radius 2 is 1.88 bits per heavy atom. The van der Waals surface area contributed by atoms with Gasteiger partial charge in [0, 0.05) is 13.0 Å². The minimum absolute atomic E-state index is 0.0108. The van der Waals surface area contributed by atoms with Gasteiger partial charge < -0.3 is 16.0 Å². The van der Waals surface area contributed by atoms with E-state index in [1.807, 2.05) is 0 Å². The van der Waals surface area contributed by atoms with Gasteiger partial charge in [-0.15, -0.1) is 0 Å². The monoisotopic (exact) mass is 257 g/mol. The number of amidine groups is 1. The summed E-state index contributed by atoms with van der Waals surface area (Å²) >= 11 is 0. The van der Waals surface area contributed by atoms with E-state index in [0.717, 1.165) is 4.90 Å². The summed E-state index contributed by atoms with van der Waals surface area (Å²) in [6.07, 6.45) is -2.89. The Balaban J connectivity index is 3.85. The zero-order chi connectivity index (χ0) is 13.3. The summed E-state index contributed by atoms with van der Waals surface area (Å²) in [5.74, 6) is 0.0644. The van der Waals surface area contributed by atoms with Crippen LogP contribution in [0.4, 0.5) is 13.2 Å². The van der Waals surface area contributed by atoms with E-state index in [-0.39, 0.29) is 25.5 Å². The van der Waals surface area contributed by atoms with Gasteiger partial charge in [0.15, 0.2) is 0 Å². The number of nitrogens with zero attached hydrogens (tertiary/aromatic N) is 2. The highest BCUT2D eigenvalue weighted by Gasteiger charge is 2.30. The highest BCUT2D eigenvalue weighted by atomic mass is 19.4. The van der Waals surface area contributed by atoms with Crippen molar-refractivity contribution < 1.29 is 23.5 Å². The van der Waals surface area contributed by atoms with Crippen molar-refractivity contribution >= 4 is 5.84 Å². The van der Waals surface area contributed by atoms with Gasteiger partial charge in [0.05, 0.1) is 13.2 Å². The molecule has 0 saturated carbocycles. The number of hydrogen-bond donors (Lipinski definition) is 3. The molecule has 0 rings (SSSR count). The zero-order valence-corrected chi connectivity index (χ0v) is 9.45. The molecule has 0 aliphatic carbocycles. The van der Waals surface area contributed by atoms with Gasteiger partial charge in [-0.25, -0.2) is 0 Å². The lowest BCUT2D eigenvalue weighted by atomic mass is 10.2. The predicted molar refractivity (Wildman–Crippen MR) is 56.8 cm³/mol. The summed E-state index contributed by atoms with van der Waals surface area (Å²) in [6.45, 7) is -1.13. The molecule has 0 aliphatic rings. The highest BCUT2D eigenvalue weighted by molar-refractivity contribution is 5.79. The fourth-order valence-corrected chi connectivity index (χ4v) is 1.36. The van der Waals surface area contributed by atoms with Crippen LogP contribution in [0.2, 0.25) is 0 Å². The zero-order valence-electron chi connectivity index (χ0n) is 9.45. The Kier molecular flexibility index (Phi) is 7.64. The molecule has 4 N–H and O–H groups in total. The van der Waals surface area contributed by atoms with Crippen molar-refractivity contribution in [1.29, 1.82) is 0 Å². The van der Waals surface area contributed by atoms with Gasteiger partial charge in [-0.2, -0.15) is 13.2 Å². The molecule has 102 valence electrons. The summed E-state index contributed by atoms with van der Waals surface area (Å²) in [4.78, 5) is 1.13. The Morgan fingerprint density at radius 1 is 1.24 bits per heavy atom. The first-order valence-corrected chi connectivity index (χ1v) is 5.25. The van der Waals surface area contributed by atoms with Crippen molar-refractivity contribution in [2.45, 2.75) is 25.4 Å². The summed E-state index contributed by atoms with van der Waals surface area (Å²) in [6, 6.07) is 0. The van der Waals surface area contributed by atoms with Crippen molar-refractivity contribution in [3.63, 3.8) is 0 Å². The molecule has 0 radical (unpaired) electrons. The largest absolute Gasteiger partial charge is 0.409 e. The first-order chi connectivity index (χ1) is 7.89. The second-order valence-electron chi connectivity index (χ2n) is 3.66. The number of alkyl halides is 3. The van der Waals surface area contributed by atoms with E-state index < -0.39 is 12.7 Å². The number of unbranched alkanes of at least 4 members (excludes halogenated alkanes) is 1. The Morgan fingerprint density at radius 3 is 2.35 bits per heavy atom. The topological polar surface area (TPSA) is 82.1 Å². The summed E-state index contributed by atoms with van der Waals surface area (Å²) in [5.41, 5.74) is 5.22. The normalized spacial score (nSPS) is 13.4. The van der Waals surface area contributed by atoms with Crippen molar-refractivity contribution in [2.24, 2.45) is 10.9 Å². The van der Waals surface area contributed by atoms with Gasteiger partial charge in [0.2, 0.25) is 0 Å². The quantitative estimate of drug-likeness (QED) is 0.197. The average molecular weight is 257 g/mol. The average Bonchev–Trinajstić information content (AvgIpc) is 2.22. The molecule has 5 nitrogen and oxygen atoms in total. The lowest BCUT2D eigenvalue weighted by Gasteiger charge is -2.22. The molecule has 0 unspecified atom stereocenters. The standard InChI is InChI=1S/C9H18F3N3O2/c10-9(11,12)7-15(5-6-16)4-2-1-3-8(13)14-17/h16-17H,1-7H2,(H2,13,14). The lowest BCUT2D eigenvalue weighted by molar-refractivity contribution is -0.146. The molecular formula is C9H18F3N3O2. The first kappa shape index (κ1) is 16.0. The van der Waals surface area contributed by atoms with Gasteiger partial charge >= 0.3 is 6.18 Å². The van der Waals surface area contributed by atoms with Crippen LogP contribution in [0.3, 0.4) is 0 Å². The number of rotatable bonds is 8. The van der Waals surface area contributed by atoms with Gasteiger partial charge in [-0.1, -0.05) is 5.16 Å². The van der Waals surface area contributed by atoms with Crippen molar-refractivity contribution in [2.75, 3.05) is 26.2 Å². The van der Waals surface area contributed by atoms with E-state index in [9.17, 15) is 13.2 Å². The molecule has 0 heterocycles. The smallest absolute Gasteiger partial charge is 0.401 e. The molecule has 0 aromatic heterocycles. The minimum Gasteiger partial charge on any atom is -0.409 e. The van der Waals surface area contributed by atoms with E-state index in [4.69, 9.17) is 16.0 Å². The summed E-state index contributed by atoms with van der Waals surface area (Å²) in [5, 5.41) is 19.6. The van der Waals surface area contributed by atoms with Crippen LogP contribution < -0.4 is 5.73 Å². The molecule has 0 amide bonds. The molecule has 8 heteroatoms. The van der Waals surface area contributed by atoms with E-state index in [1.54, 1.807) is 0 Å². The summed E-state index contributed by atoms with van der Waals surface area (Å²) in [7, 11) is 0. The molecule has 0 bridgehead atoms. The highest BCUT2D eigenvalue weighted by Crippen LogP contribution is 2.16. The van der Waals surface area contributed by atoms with Crippen LogP contribution in [0.1, 0.15) is 19.3 Å². The molecule has 17 heavy (non-hydrogen) atoms. The van der Waals surface area contributed by atoms with E-state index in [0.29, 0.717) is 19.3 Å². The first-order valence-electron chi connectivity index (χ1n) is 5.25. The number of oxime groups is 1. The van der Waals surface area contributed by atoms with Gasteiger partial charge in [-0.3, -0.25) is 4.90 Å². The van der Waals surface area contributed by atoms with Crippen LogP contribution in [0, 0.1) is 0 Å². The molecule has 0 saturated heterocycles. The van der Waals surface area contributed by atoms with E-state index in [2.05, 4.69) is 5.16 Å². The van der Waals surface area contributed by atoms with Crippen LogP contribution in [0.5, 0.6) is 0 Å². The summed E-state index contributed by atoms with van der Waals surface area (Å²) < 4.78 is 36.4. The molecular weight excluding hydrogens is 239 g/mol. The minimum atomic E-state index is -4.26. The van der Waals surface area contributed by atoms with Crippen LogP contribution in [-0.4, -0.2) is 53.5 Å². The lowest BCUT2D eigenvalue weighted by Crippen LogP contribution is -2.36. The number of aliphatic hydroxyl groups excluding tert-OH is 1. The van der Waals surface area contributed by atoms with E-state index in [1.165, 1.54) is 0 Å². The van der Waals surface area contributed by atoms with Crippen LogP contribution >= 0.6 is 0 Å². The molecule has 0 atom stereocenters. The second-order valence-corrected chi connectivity index (χ2v) is 3.66. The van der Waals surface area contributed by atoms with Crippen molar-refractivity contribution in [3.05, 3.63) is 0 Å². The maximum atomic E-state index is 12.1. The maximum Gasteiger partial charge on any atom is 0.401 e. The Bertz CT molecular complexity index is 234. The van der Waals surface area contributed by atoms with Gasteiger partial charge in [-0.05, 0) is 19.4 Å². The third kappa shape index (κ3) is 9.88. The number of halogens is 3. The van der Waals surface area contributed by atoms with Crippen LogP contribution in [-0.2, 0) is 0 Å². The predicted octanol–water partition coefficient (Wildman–Crippen LogP) is 0.760. The SMILES string of the molecule is NC(CCCCN(CCO)CC(F)(F)F)=NO. The fraction of sp³-hybridized carbons (Fsp3) is 0.889. The Hall–Kier alpha value is -1.02. The van der Waals surface area contributed by atoms with Gasteiger partial charge in [0.25, 0.3) is 0 Å². The van der Waals surface area contributed by atoms with Crippen molar-refractivity contribution in [1.82, 2.24) is 4.90 Å². The Labute approximate surface area is 97.7 Å². The number of nitrogens with two attached hydrogens (primary N) is 1. The third-order valence-corrected chi connectivity index (χ3v) is 2.10. The molecule has 0 aromatic carbocycles. The van der Waals surface area contributed by atoms with Gasteiger partial charge in [0.1, 0.15) is 5.84 Å². The van der Waals surface area contributed by atoms with E-state index >= 15 is 0 Å². The molecule has 0 spiro atoms. The third-order valence-electron chi connectivity index (χ3n) is 2.10. The van der Waals surface area contributed by atoms with Crippen LogP contribution in [0.15, 0.2) is 5.16 Å². The van der Waals surface area contributed by atoms with Crippen LogP contribution in [0.25, 0.3) is 0 Å². The second kappa shape index (κ2) is 8.13. The molecule has 0 fully saturated rings. The maximum absolute atomic E-state index is 12.1.